The molecule has 12 heteroatoms. The van der Waals surface area contributed by atoms with Gasteiger partial charge in [-0.3, -0.25) is 0 Å². The Hall–Kier alpha value is -18.5. The van der Waals surface area contributed by atoms with Gasteiger partial charge >= 0.3 is 0 Å². The van der Waals surface area contributed by atoms with Crippen LogP contribution in [0.15, 0.2) is 461 Å². The molecule has 0 aliphatic heterocycles. The molecule has 0 radical (unpaired) electrons. The maximum atomic E-state index is 9.26. The van der Waals surface area contributed by atoms with E-state index in [0.717, 1.165) is 133 Å². The lowest BCUT2D eigenvalue weighted by Gasteiger charge is -2.11. The SMILES string of the molecule is N#Cc1ccc(-c2ccc3cc(-c4ccc(-c5nc(-c6ccccc6)nc(-c6ccccc6)n5)cc4)ccc3c2)cc1.N#Cc1cccc(-c2ccc3cc(-c4ccc(-c5nc(-c6ccccc6)nc(-c6ccccc6)n5)cc4)ccc3c2)c1.[C-]#[N+]c1ccccc1-c1ccc(-c2cccc3cc(-c4ccc(-c5nc(-c6ccccc6)nc(-c6ccccc6)n5)cc4)ccc23)cc1. The average molecular weight is 1690 g/mol. The van der Waals surface area contributed by atoms with Crippen molar-refractivity contribution < 1.29 is 0 Å². The summed E-state index contributed by atoms with van der Waals surface area (Å²) in [6, 6.07) is 160. The number of fused-ring (bicyclic) bond motifs is 3. The van der Waals surface area contributed by atoms with Crippen LogP contribution in [0.1, 0.15) is 11.1 Å². The average Bonchev–Trinajstić information content (AvgIpc) is 0.796. The second kappa shape index (κ2) is 37.7. The summed E-state index contributed by atoms with van der Waals surface area (Å²) in [5, 5.41) is 25.4. The highest BCUT2D eigenvalue weighted by Gasteiger charge is 2.19. The summed E-state index contributed by atoms with van der Waals surface area (Å²) in [6.45, 7) is 7.52. The summed E-state index contributed by atoms with van der Waals surface area (Å²) >= 11 is 0. The lowest BCUT2D eigenvalue weighted by atomic mass is 9.94. The minimum absolute atomic E-state index is 0.640. The molecule has 22 aromatic rings. The van der Waals surface area contributed by atoms with Gasteiger partial charge in [-0.1, -0.05) is 406 Å². The van der Waals surface area contributed by atoms with Crippen molar-refractivity contribution in [3.05, 3.63) is 484 Å². The van der Waals surface area contributed by atoms with Crippen molar-refractivity contribution in [2.75, 3.05) is 0 Å². The van der Waals surface area contributed by atoms with Gasteiger partial charge in [0.05, 0.1) is 29.8 Å². The standard InChI is InChI=1S/C44H28N4.2C38H24N4/c1-45-41-18-9-8-16-40(41)32-23-21-31(22-24-32)38-17-10-15-37-29-36(27-28-39(37)38)30-19-25-35(26-20-30)44-47-42(33-11-4-2-5-12-33)46-43(48-44)34-13-6-3-7-14-34;39-25-26-8-7-13-31(22-26)33-20-21-34-23-32(18-19-35(34)24-33)27-14-16-30(17-15-27)38-41-36(28-9-3-1-4-10-28)40-37(42-38)29-11-5-2-6-12-29;39-25-26-11-13-27(14-12-26)32-19-21-35-24-33(20-22-34(35)23-32)28-15-17-31(18-16-28)38-41-36(29-7-3-1-4-8-29)40-37(42-38)30-9-5-2-6-10-30/h2-29H;2*1-24H. The van der Waals surface area contributed by atoms with Gasteiger partial charge in [0, 0.05) is 50.1 Å². The van der Waals surface area contributed by atoms with Crippen LogP contribution in [0.5, 0.6) is 0 Å². The van der Waals surface area contributed by atoms with Gasteiger partial charge in [-0.05, 0) is 165 Å². The molecule has 0 bridgehead atoms. The predicted molar refractivity (Wildman–Crippen MR) is 535 cm³/mol. The molecule has 616 valence electrons. The van der Waals surface area contributed by atoms with Gasteiger partial charge in [0.25, 0.3) is 0 Å². The van der Waals surface area contributed by atoms with E-state index in [2.05, 4.69) is 223 Å². The van der Waals surface area contributed by atoms with Crippen LogP contribution >= 0.6 is 0 Å². The largest absolute Gasteiger partial charge is 0.238 e. The van der Waals surface area contributed by atoms with Gasteiger partial charge in [-0.2, -0.15) is 10.5 Å². The van der Waals surface area contributed by atoms with Crippen LogP contribution in [0.3, 0.4) is 0 Å². The molecular formula is C120H76N12. The van der Waals surface area contributed by atoms with Gasteiger partial charge in [0.2, 0.25) is 0 Å². The third-order valence-corrected chi connectivity index (χ3v) is 23.3. The first-order valence-corrected chi connectivity index (χ1v) is 43.3. The first-order valence-electron chi connectivity index (χ1n) is 43.3. The fourth-order valence-electron chi connectivity index (χ4n) is 16.3. The molecule has 0 N–H and O–H groups in total. The summed E-state index contributed by atoms with van der Waals surface area (Å²) in [7, 11) is 0. The number of hydrogen-bond donors (Lipinski definition) is 0. The minimum atomic E-state index is 0.640. The van der Waals surface area contributed by atoms with E-state index in [1.54, 1.807) is 0 Å². The number of para-hydroxylation sites is 1. The van der Waals surface area contributed by atoms with E-state index < -0.39 is 0 Å². The van der Waals surface area contributed by atoms with Crippen LogP contribution in [0.25, 0.3) is 218 Å². The molecule has 0 amide bonds. The molecule has 0 aliphatic carbocycles. The second-order valence-electron chi connectivity index (χ2n) is 31.7. The maximum absolute atomic E-state index is 9.26. The maximum Gasteiger partial charge on any atom is 0.194 e. The number of aromatic nitrogens is 9. The summed E-state index contributed by atoms with van der Waals surface area (Å²) in [5.74, 6) is 5.82. The number of nitriles is 2. The molecule has 132 heavy (non-hydrogen) atoms. The summed E-state index contributed by atoms with van der Waals surface area (Å²) < 4.78 is 0. The number of nitrogens with zero attached hydrogens (tertiary/aromatic N) is 12. The van der Waals surface area contributed by atoms with Crippen molar-refractivity contribution in [1.82, 2.24) is 44.9 Å². The van der Waals surface area contributed by atoms with Gasteiger partial charge < -0.3 is 0 Å². The highest BCUT2D eigenvalue weighted by molar-refractivity contribution is 6.00. The molecule has 0 unspecified atom stereocenters. The van der Waals surface area contributed by atoms with Crippen molar-refractivity contribution in [1.29, 1.82) is 10.5 Å². The van der Waals surface area contributed by atoms with Crippen LogP contribution in [-0.2, 0) is 0 Å². The Morgan fingerprint density at radius 1 is 0.167 bits per heavy atom. The van der Waals surface area contributed by atoms with Gasteiger partial charge in [-0.15, -0.1) is 0 Å². The zero-order chi connectivity index (χ0) is 88.9. The van der Waals surface area contributed by atoms with Crippen molar-refractivity contribution in [2.45, 2.75) is 0 Å². The lowest BCUT2D eigenvalue weighted by Crippen LogP contribution is -2.00. The molecule has 0 spiro atoms. The molecule has 0 atom stereocenters. The fourth-order valence-corrected chi connectivity index (χ4v) is 16.3. The Kier molecular flexibility index (Phi) is 23.4. The third kappa shape index (κ3) is 18.2. The predicted octanol–water partition coefficient (Wildman–Crippen LogP) is 30.0. The van der Waals surface area contributed by atoms with Crippen molar-refractivity contribution in [3.8, 4) is 193 Å². The van der Waals surface area contributed by atoms with E-state index in [1.165, 1.54) is 27.1 Å². The normalized spacial score (nSPS) is 10.9. The van der Waals surface area contributed by atoms with Crippen LogP contribution in [0.4, 0.5) is 5.69 Å². The van der Waals surface area contributed by atoms with Gasteiger partial charge in [0.15, 0.2) is 58.1 Å². The van der Waals surface area contributed by atoms with Crippen LogP contribution in [0, 0.1) is 29.2 Å². The molecular weight excluding hydrogens is 1610 g/mol. The topological polar surface area (TPSA) is 168 Å². The Bertz CT molecular complexity index is 7920. The molecule has 0 aliphatic rings. The Morgan fingerprint density at radius 2 is 0.394 bits per heavy atom. The molecule has 3 heterocycles. The molecule has 0 fully saturated rings. The second-order valence-corrected chi connectivity index (χ2v) is 31.7. The number of hydrogen-bond acceptors (Lipinski definition) is 11. The van der Waals surface area contributed by atoms with Crippen molar-refractivity contribution in [2.24, 2.45) is 0 Å². The van der Waals surface area contributed by atoms with E-state index in [9.17, 15) is 5.26 Å². The molecule has 0 saturated carbocycles. The first kappa shape index (κ1) is 81.8. The molecule has 12 nitrogen and oxygen atoms in total. The highest BCUT2D eigenvalue weighted by atomic mass is 15.1. The minimum Gasteiger partial charge on any atom is -0.238 e. The summed E-state index contributed by atoms with van der Waals surface area (Å²) in [4.78, 5) is 47.2. The summed E-state index contributed by atoms with van der Waals surface area (Å²) in [6.07, 6.45) is 0. The van der Waals surface area contributed by atoms with Gasteiger partial charge in [0.1, 0.15) is 0 Å². The quantitative estimate of drug-likeness (QED) is 0.0844. The monoisotopic (exact) mass is 1680 g/mol. The van der Waals surface area contributed by atoms with Gasteiger partial charge in [-0.25, -0.2) is 49.7 Å². The Balaban J connectivity index is 0.000000124. The van der Waals surface area contributed by atoms with E-state index in [4.69, 9.17) is 56.7 Å². The number of benzene rings is 19. The first-order chi connectivity index (χ1) is 65.2. The fraction of sp³-hybridized carbons (Fsp3) is 0. The van der Waals surface area contributed by atoms with Crippen LogP contribution < -0.4 is 0 Å². The van der Waals surface area contributed by atoms with Crippen molar-refractivity contribution in [3.63, 3.8) is 0 Å². The summed E-state index contributed by atoms with van der Waals surface area (Å²) in [5.41, 5.74) is 26.0. The highest BCUT2D eigenvalue weighted by Crippen LogP contribution is 2.40. The zero-order valence-corrected chi connectivity index (χ0v) is 71.2. The van der Waals surface area contributed by atoms with E-state index in [1.807, 2.05) is 255 Å². The Morgan fingerprint density at radius 3 is 0.720 bits per heavy atom. The van der Waals surface area contributed by atoms with Crippen molar-refractivity contribution >= 4 is 38.0 Å². The molecule has 3 aromatic heterocycles. The molecule has 0 saturated heterocycles. The number of rotatable bonds is 16. The van der Waals surface area contributed by atoms with E-state index >= 15 is 0 Å². The Labute approximate surface area is 764 Å². The molecule has 19 aromatic carbocycles. The third-order valence-electron chi connectivity index (χ3n) is 23.3. The van der Waals surface area contributed by atoms with E-state index in [0.29, 0.717) is 69.2 Å². The lowest BCUT2D eigenvalue weighted by molar-refractivity contribution is 1.07. The van der Waals surface area contributed by atoms with Crippen LogP contribution in [0.2, 0.25) is 0 Å². The van der Waals surface area contributed by atoms with Crippen LogP contribution in [-0.4, -0.2) is 44.9 Å². The molecule has 22 rings (SSSR count). The zero-order valence-electron chi connectivity index (χ0n) is 71.2. The smallest absolute Gasteiger partial charge is 0.194 e. The van der Waals surface area contributed by atoms with E-state index in [-0.39, 0.29) is 0 Å².